The van der Waals surface area contributed by atoms with Crippen LogP contribution in [0.1, 0.15) is 39.4 Å². The van der Waals surface area contributed by atoms with Gasteiger partial charge in [0.05, 0.1) is 17.6 Å². The Labute approximate surface area is 123 Å². The van der Waals surface area contributed by atoms with Crippen LogP contribution < -0.4 is 10.2 Å². The van der Waals surface area contributed by atoms with Crippen LogP contribution in [0, 0.1) is 0 Å². The summed E-state index contributed by atoms with van der Waals surface area (Å²) in [5.41, 5.74) is 2.57. The Kier molecular flexibility index (Phi) is 4.66. The van der Waals surface area contributed by atoms with Crippen LogP contribution >= 0.6 is 0 Å². The van der Waals surface area contributed by atoms with Gasteiger partial charge in [0.1, 0.15) is 0 Å². The molecule has 1 aliphatic heterocycles. The van der Waals surface area contributed by atoms with Gasteiger partial charge in [-0.15, -0.1) is 0 Å². The summed E-state index contributed by atoms with van der Waals surface area (Å²) in [4.78, 5) is 9.49. The summed E-state index contributed by atoms with van der Waals surface area (Å²) in [5.74, 6) is 0. The molecule has 1 saturated heterocycles. The molecule has 0 saturated carbocycles. The highest BCUT2D eigenvalue weighted by Crippen LogP contribution is 2.24. The van der Waals surface area contributed by atoms with E-state index in [1.54, 1.807) is 0 Å². The van der Waals surface area contributed by atoms with E-state index in [1.807, 2.05) is 6.20 Å². The van der Waals surface area contributed by atoms with E-state index in [-0.39, 0.29) is 5.54 Å². The number of rotatable bonds is 4. The summed E-state index contributed by atoms with van der Waals surface area (Å²) in [5, 5.41) is 3.40. The van der Waals surface area contributed by atoms with Crippen LogP contribution in [0.2, 0.25) is 0 Å². The van der Waals surface area contributed by atoms with Crippen molar-refractivity contribution >= 4 is 5.69 Å². The predicted octanol–water partition coefficient (Wildman–Crippen LogP) is 2.28. The van der Waals surface area contributed by atoms with Crippen LogP contribution in [0.25, 0.3) is 0 Å². The monoisotopic (exact) mass is 276 g/mol. The molecule has 0 spiro atoms. The molecular formula is C16H28N4. The van der Waals surface area contributed by atoms with E-state index in [0.29, 0.717) is 6.04 Å². The van der Waals surface area contributed by atoms with Crippen molar-refractivity contribution in [2.75, 3.05) is 38.1 Å². The van der Waals surface area contributed by atoms with E-state index in [2.05, 4.69) is 67.0 Å². The van der Waals surface area contributed by atoms with Crippen molar-refractivity contribution < 1.29 is 0 Å². The molecule has 1 atom stereocenters. The molecular weight excluding hydrogens is 248 g/mol. The van der Waals surface area contributed by atoms with Crippen LogP contribution in [0.4, 0.5) is 5.69 Å². The predicted molar refractivity (Wildman–Crippen MR) is 85.3 cm³/mol. The van der Waals surface area contributed by atoms with E-state index >= 15 is 0 Å². The standard InChI is InChI=1S/C16H28N4/c1-6-17-13(2)15-8-7-14(11-18-15)20-10-9-19(5)16(3,4)12-20/h7-8,11,13,17H,6,9-10,12H2,1-5H3. The molecule has 112 valence electrons. The lowest BCUT2D eigenvalue weighted by molar-refractivity contribution is 0.139. The summed E-state index contributed by atoms with van der Waals surface area (Å²) in [6, 6.07) is 4.67. The van der Waals surface area contributed by atoms with Gasteiger partial charge in [-0.2, -0.15) is 0 Å². The normalized spacial score (nSPS) is 20.9. The molecule has 0 amide bonds. The lowest BCUT2D eigenvalue weighted by atomic mass is 9.99. The number of hydrogen-bond donors (Lipinski definition) is 1. The molecule has 0 radical (unpaired) electrons. The number of nitrogens with zero attached hydrogens (tertiary/aromatic N) is 3. The van der Waals surface area contributed by atoms with Crippen molar-refractivity contribution in [3.63, 3.8) is 0 Å². The maximum absolute atomic E-state index is 4.62. The van der Waals surface area contributed by atoms with Crippen LogP contribution in [-0.4, -0.2) is 48.6 Å². The molecule has 0 bridgehead atoms. The average Bonchev–Trinajstić information content (AvgIpc) is 2.42. The van der Waals surface area contributed by atoms with E-state index in [0.717, 1.165) is 31.9 Å². The van der Waals surface area contributed by atoms with Crippen molar-refractivity contribution in [2.24, 2.45) is 0 Å². The molecule has 1 unspecified atom stereocenters. The highest BCUT2D eigenvalue weighted by atomic mass is 15.3. The summed E-state index contributed by atoms with van der Waals surface area (Å²) in [6.07, 6.45) is 2.02. The van der Waals surface area contributed by atoms with Gasteiger partial charge in [-0.3, -0.25) is 9.88 Å². The molecule has 4 heteroatoms. The molecule has 1 N–H and O–H groups in total. The fourth-order valence-electron chi connectivity index (χ4n) is 2.71. The summed E-state index contributed by atoms with van der Waals surface area (Å²) < 4.78 is 0. The minimum Gasteiger partial charge on any atom is -0.367 e. The fraction of sp³-hybridized carbons (Fsp3) is 0.688. The summed E-state index contributed by atoms with van der Waals surface area (Å²) >= 11 is 0. The first-order valence-electron chi connectivity index (χ1n) is 7.59. The largest absolute Gasteiger partial charge is 0.367 e. The second-order valence-corrected chi connectivity index (χ2v) is 6.38. The number of hydrogen-bond acceptors (Lipinski definition) is 4. The molecule has 0 aromatic carbocycles. The fourth-order valence-corrected chi connectivity index (χ4v) is 2.71. The molecule has 1 aliphatic rings. The third-order valence-corrected chi connectivity index (χ3v) is 4.41. The van der Waals surface area contributed by atoms with Gasteiger partial charge in [-0.1, -0.05) is 6.92 Å². The van der Waals surface area contributed by atoms with E-state index < -0.39 is 0 Å². The van der Waals surface area contributed by atoms with Crippen LogP contribution in [0.3, 0.4) is 0 Å². The summed E-state index contributed by atoms with van der Waals surface area (Å²) in [6.45, 7) is 13.1. The maximum Gasteiger partial charge on any atom is 0.0572 e. The number of aromatic nitrogens is 1. The Morgan fingerprint density at radius 1 is 1.35 bits per heavy atom. The minimum absolute atomic E-state index is 0.216. The molecule has 2 rings (SSSR count). The Morgan fingerprint density at radius 2 is 2.10 bits per heavy atom. The highest BCUT2D eigenvalue weighted by Gasteiger charge is 2.31. The lowest BCUT2D eigenvalue weighted by Gasteiger charge is -2.46. The molecule has 20 heavy (non-hydrogen) atoms. The maximum atomic E-state index is 4.62. The Hall–Kier alpha value is -1.13. The van der Waals surface area contributed by atoms with Gasteiger partial charge in [0.2, 0.25) is 0 Å². The minimum atomic E-state index is 0.216. The third-order valence-electron chi connectivity index (χ3n) is 4.41. The average molecular weight is 276 g/mol. The van der Waals surface area contributed by atoms with Gasteiger partial charge in [0.25, 0.3) is 0 Å². The number of likely N-dealkylation sites (N-methyl/N-ethyl adjacent to an activating group) is 1. The smallest absolute Gasteiger partial charge is 0.0572 e. The molecule has 4 nitrogen and oxygen atoms in total. The number of pyridine rings is 1. The first kappa shape index (κ1) is 15.3. The van der Waals surface area contributed by atoms with Gasteiger partial charge in [-0.05, 0) is 46.5 Å². The Bertz CT molecular complexity index is 427. The Balaban J connectivity index is 2.07. The van der Waals surface area contributed by atoms with E-state index in [1.165, 1.54) is 5.69 Å². The third kappa shape index (κ3) is 3.30. The van der Waals surface area contributed by atoms with Gasteiger partial charge in [0, 0.05) is 31.2 Å². The van der Waals surface area contributed by atoms with Crippen LogP contribution in [-0.2, 0) is 0 Å². The number of anilines is 1. The zero-order valence-electron chi connectivity index (χ0n) is 13.5. The zero-order chi connectivity index (χ0) is 14.8. The van der Waals surface area contributed by atoms with E-state index in [4.69, 9.17) is 0 Å². The number of piperazine rings is 1. The van der Waals surface area contributed by atoms with Crippen molar-refractivity contribution in [1.29, 1.82) is 0 Å². The first-order chi connectivity index (χ1) is 9.44. The zero-order valence-corrected chi connectivity index (χ0v) is 13.5. The van der Waals surface area contributed by atoms with E-state index in [9.17, 15) is 0 Å². The second kappa shape index (κ2) is 6.10. The quantitative estimate of drug-likeness (QED) is 0.914. The molecule has 1 aromatic rings. The van der Waals surface area contributed by atoms with Gasteiger partial charge in [0.15, 0.2) is 0 Å². The van der Waals surface area contributed by atoms with Crippen molar-refractivity contribution in [3.8, 4) is 0 Å². The highest BCUT2D eigenvalue weighted by molar-refractivity contribution is 5.46. The van der Waals surface area contributed by atoms with Crippen molar-refractivity contribution in [3.05, 3.63) is 24.0 Å². The second-order valence-electron chi connectivity index (χ2n) is 6.38. The van der Waals surface area contributed by atoms with Gasteiger partial charge >= 0.3 is 0 Å². The number of nitrogens with one attached hydrogen (secondary N) is 1. The topological polar surface area (TPSA) is 31.4 Å². The Morgan fingerprint density at radius 3 is 2.65 bits per heavy atom. The molecule has 0 aliphatic carbocycles. The molecule has 1 aromatic heterocycles. The van der Waals surface area contributed by atoms with Crippen molar-refractivity contribution in [1.82, 2.24) is 15.2 Å². The molecule has 2 heterocycles. The van der Waals surface area contributed by atoms with Gasteiger partial charge in [-0.25, -0.2) is 0 Å². The van der Waals surface area contributed by atoms with Gasteiger partial charge < -0.3 is 10.2 Å². The lowest BCUT2D eigenvalue weighted by Crippen LogP contribution is -2.57. The first-order valence-corrected chi connectivity index (χ1v) is 7.59. The SMILES string of the molecule is CCNC(C)c1ccc(N2CCN(C)C(C)(C)C2)cn1. The van der Waals surface area contributed by atoms with Crippen LogP contribution in [0.5, 0.6) is 0 Å². The van der Waals surface area contributed by atoms with Crippen molar-refractivity contribution in [2.45, 2.75) is 39.3 Å². The molecule has 1 fully saturated rings. The van der Waals surface area contributed by atoms with Crippen LogP contribution in [0.15, 0.2) is 18.3 Å². The summed E-state index contributed by atoms with van der Waals surface area (Å²) in [7, 11) is 2.21.